The number of carbonyl (C=O) groups is 2. The van der Waals surface area contributed by atoms with Gasteiger partial charge in [-0.1, -0.05) is 19.3 Å². The molecule has 0 atom stereocenters. The van der Waals surface area contributed by atoms with Gasteiger partial charge < -0.3 is 16.4 Å². The maximum atomic E-state index is 12.4. The van der Waals surface area contributed by atoms with E-state index in [0.29, 0.717) is 19.5 Å². The van der Waals surface area contributed by atoms with Crippen LogP contribution in [0.4, 0.5) is 0 Å². The number of carbonyl (C=O) groups excluding carboxylic acids is 2. The van der Waals surface area contributed by atoms with E-state index in [1.165, 1.54) is 19.3 Å². The van der Waals surface area contributed by atoms with Crippen molar-refractivity contribution in [3.05, 3.63) is 0 Å². The van der Waals surface area contributed by atoms with Crippen LogP contribution < -0.4 is 16.4 Å². The molecule has 0 spiro atoms. The number of piperidine rings is 1. The molecule has 1 saturated carbocycles. The summed E-state index contributed by atoms with van der Waals surface area (Å²) < 4.78 is 0. The van der Waals surface area contributed by atoms with Crippen molar-refractivity contribution in [1.29, 1.82) is 0 Å². The first-order valence-corrected chi connectivity index (χ1v) is 8.99. The van der Waals surface area contributed by atoms with Crippen LogP contribution in [0.1, 0.15) is 51.4 Å². The standard InChI is InChI=1S/C17H32N4O2/c1-19-16(23)12-21-9-5-14(6-10-21)20-15(22)11-17(13-18)7-3-2-4-8-17/h14H,2-13,18H2,1H3,(H,19,23)(H,20,22). The van der Waals surface area contributed by atoms with Gasteiger partial charge in [-0.05, 0) is 37.6 Å². The van der Waals surface area contributed by atoms with Gasteiger partial charge >= 0.3 is 0 Å². The highest BCUT2D eigenvalue weighted by molar-refractivity contribution is 5.78. The summed E-state index contributed by atoms with van der Waals surface area (Å²) in [5.74, 6) is 0.205. The molecule has 0 aromatic carbocycles. The van der Waals surface area contributed by atoms with Crippen LogP contribution in [0, 0.1) is 5.41 Å². The van der Waals surface area contributed by atoms with E-state index in [4.69, 9.17) is 5.73 Å². The molecule has 0 unspecified atom stereocenters. The maximum Gasteiger partial charge on any atom is 0.233 e. The molecule has 2 aliphatic rings. The summed E-state index contributed by atoms with van der Waals surface area (Å²) in [6.45, 7) is 2.79. The summed E-state index contributed by atoms with van der Waals surface area (Å²) in [7, 11) is 1.66. The average Bonchev–Trinajstić information content (AvgIpc) is 2.57. The van der Waals surface area contributed by atoms with Crippen LogP contribution in [0.25, 0.3) is 0 Å². The van der Waals surface area contributed by atoms with Gasteiger partial charge in [0.05, 0.1) is 6.54 Å². The third kappa shape index (κ3) is 5.46. The Labute approximate surface area is 139 Å². The molecular weight excluding hydrogens is 292 g/mol. The molecular formula is C17H32N4O2. The SMILES string of the molecule is CNC(=O)CN1CCC(NC(=O)CC2(CN)CCCCC2)CC1. The highest BCUT2D eigenvalue weighted by Crippen LogP contribution is 2.38. The maximum absolute atomic E-state index is 12.4. The number of nitrogens with zero attached hydrogens (tertiary/aromatic N) is 1. The summed E-state index contributed by atoms with van der Waals surface area (Å²) in [5, 5.41) is 5.84. The Bertz CT molecular complexity index is 399. The molecule has 2 amide bonds. The van der Waals surface area contributed by atoms with Gasteiger partial charge in [0, 0.05) is 32.6 Å². The molecule has 1 aliphatic carbocycles. The van der Waals surface area contributed by atoms with Gasteiger partial charge in [-0.3, -0.25) is 14.5 Å². The van der Waals surface area contributed by atoms with Crippen molar-refractivity contribution in [3.63, 3.8) is 0 Å². The fraction of sp³-hybridized carbons (Fsp3) is 0.882. The Hall–Kier alpha value is -1.14. The Morgan fingerprint density at radius 3 is 2.35 bits per heavy atom. The number of hydrogen-bond donors (Lipinski definition) is 3. The van der Waals surface area contributed by atoms with Gasteiger partial charge in [-0.2, -0.15) is 0 Å². The van der Waals surface area contributed by atoms with E-state index in [9.17, 15) is 9.59 Å². The molecule has 0 aromatic heterocycles. The third-order valence-electron chi connectivity index (χ3n) is 5.48. The first kappa shape index (κ1) is 18.2. The van der Waals surface area contributed by atoms with E-state index < -0.39 is 0 Å². The van der Waals surface area contributed by atoms with E-state index in [1.54, 1.807) is 7.05 Å². The van der Waals surface area contributed by atoms with Crippen molar-refractivity contribution >= 4 is 11.8 Å². The Morgan fingerprint density at radius 2 is 1.78 bits per heavy atom. The number of hydrogen-bond acceptors (Lipinski definition) is 4. The average molecular weight is 324 g/mol. The van der Waals surface area contributed by atoms with Crippen molar-refractivity contribution in [2.75, 3.05) is 33.2 Å². The summed E-state index contributed by atoms with van der Waals surface area (Å²) in [4.78, 5) is 25.9. The summed E-state index contributed by atoms with van der Waals surface area (Å²) in [6, 6.07) is 0.238. The van der Waals surface area contributed by atoms with Gasteiger partial charge in [0.1, 0.15) is 0 Å². The zero-order valence-electron chi connectivity index (χ0n) is 14.4. The summed E-state index contributed by atoms with van der Waals surface area (Å²) >= 11 is 0. The van der Waals surface area contributed by atoms with E-state index >= 15 is 0 Å². The quantitative estimate of drug-likeness (QED) is 0.668. The lowest BCUT2D eigenvalue weighted by atomic mass is 9.71. The molecule has 6 heteroatoms. The minimum Gasteiger partial charge on any atom is -0.358 e. The van der Waals surface area contributed by atoms with Gasteiger partial charge in [0.2, 0.25) is 11.8 Å². The first-order valence-electron chi connectivity index (χ1n) is 8.99. The Morgan fingerprint density at radius 1 is 1.13 bits per heavy atom. The van der Waals surface area contributed by atoms with Crippen molar-refractivity contribution < 1.29 is 9.59 Å². The minimum absolute atomic E-state index is 0.0300. The molecule has 4 N–H and O–H groups in total. The molecule has 0 aromatic rings. The smallest absolute Gasteiger partial charge is 0.233 e. The summed E-state index contributed by atoms with van der Waals surface area (Å²) in [6.07, 6.45) is 8.24. The van der Waals surface area contributed by atoms with Crippen molar-refractivity contribution in [1.82, 2.24) is 15.5 Å². The second-order valence-corrected chi connectivity index (χ2v) is 7.23. The number of rotatable bonds is 6. The van der Waals surface area contributed by atoms with Gasteiger partial charge in [-0.15, -0.1) is 0 Å². The van der Waals surface area contributed by atoms with E-state index in [-0.39, 0.29) is 23.3 Å². The Balaban J connectivity index is 1.73. The second-order valence-electron chi connectivity index (χ2n) is 7.23. The number of nitrogens with two attached hydrogens (primary N) is 1. The monoisotopic (exact) mass is 324 g/mol. The van der Waals surface area contributed by atoms with E-state index in [1.807, 2.05) is 0 Å². The van der Waals surface area contributed by atoms with Crippen LogP contribution in [0.15, 0.2) is 0 Å². The fourth-order valence-corrected chi connectivity index (χ4v) is 3.89. The van der Waals surface area contributed by atoms with Crippen molar-refractivity contribution in [2.45, 2.75) is 57.4 Å². The lowest BCUT2D eigenvalue weighted by Crippen LogP contribution is -2.48. The number of nitrogens with one attached hydrogen (secondary N) is 2. The van der Waals surface area contributed by atoms with Crippen LogP contribution in [0.3, 0.4) is 0 Å². The van der Waals surface area contributed by atoms with Crippen molar-refractivity contribution in [3.8, 4) is 0 Å². The zero-order valence-corrected chi connectivity index (χ0v) is 14.4. The number of amides is 2. The van der Waals surface area contributed by atoms with Crippen molar-refractivity contribution in [2.24, 2.45) is 11.1 Å². The van der Waals surface area contributed by atoms with Gasteiger partial charge in [0.25, 0.3) is 0 Å². The van der Waals surface area contributed by atoms with Gasteiger partial charge in [0.15, 0.2) is 0 Å². The highest BCUT2D eigenvalue weighted by Gasteiger charge is 2.33. The highest BCUT2D eigenvalue weighted by atomic mass is 16.2. The molecule has 6 nitrogen and oxygen atoms in total. The molecule has 2 fully saturated rings. The topological polar surface area (TPSA) is 87.5 Å². The number of likely N-dealkylation sites (N-methyl/N-ethyl adjacent to an activating group) is 1. The first-order chi connectivity index (χ1) is 11.1. The Kier molecular flexibility index (Phi) is 6.84. The third-order valence-corrected chi connectivity index (χ3v) is 5.48. The van der Waals surface area contributed by atoms with Crippen LogP contribution in [0.2, 0.25) is 0 Å². The number of likely N-dealkylation sites (tertiary alicyclic amines) is 1. The van der Waals surface area contributed by atoms with Crippen LogP contribution in [-0.2, 0) is 9.59 Å². The molecule has 23 heavy (non-hydrogen) atoms. The van der Waals surface area contributed by atoms with E-state index in [0.717, 1.165) is 38.8 Å². The molecule has 1 heterocycles. The lowest BCUT2D eigenvalue weighted by Gasteiger charge is -2.37. The predicted molar refractivity (Wildman–Crippen MR) is 90.9 cm³/mol. The predicted octanol–water partition coefficient (Wildman–Crippen LogP) is 0.612. The van der Waals surface area contributed by atoms with Crippen LogP contribution in [0.5, 0.6) is 0 Å². The molecule has 2 rings (SSSR count). The normalized spacial score (nSPS) is 22.5. The van der Waals surface area contributed by atoms with E-state index in [2.05, 4.69) is 15.5 Å². The van der Waals surface area contributed by atoms with Gasteiger partial charge in [-0.25, -0.2) is 0 Å². The molecule has 0 radical (unpaired) electrons. The lowest BCUT2D eigenvalue weighted by molar-refractivity contribution is -0.125. The second kappa shape index (κ2) is 8.64. The molecule has 0 bridgehead atoms. The minimum atomic E-state index is 0.0300. The summed E-state index contributed by atoms with van der Waals surface area (Å²) in [5.41, 5.74) is 6.00. The van der Waals surface area contributed by atoms with Crippen LogP contribution in [-0.4, -0.2) is 56.0 Å². The fourth-order valence-electron chi connectivity index (χ4n) is 3.89. The zero-order chi connectivity index (χ0) is 16.7. The largest absolute Gasteiger partial charge is 0.358 e. The molecule has 1 saturated heterocycles. The molecule has 1 aliphatic heterocycles. The van der Waals surface area contributed by atoms with Crippen LogP contribution >= 0.6 is 0 Å². The molecule has 132 valence electrons.